The zero-order valence-electron chi connectivity index (χ0n) is 17.6. The molecule has 3 heterocycles. The number of aromatic nitrogens is 4. The van der Waals surface area contributed by atoms with E-state index >= 15 is 0 Å². The van der Waals surface area contributed by atoms with Gasteiger partial charge < -0.3 is 15.6 Å². The number of nitrogens with one attached hydrogen (secondary N) is 3. The molecule has 0 fully saturated rings. The minimum atomic E-state index is -0.327. The number of benzene rings is 1. The minimum absolute atomic E-state index is 0. The normalized spacial score (nSPS) is 10.9. The largest absolute Gasteiger partial charge is 0.365 e. The molecule has 0 saturated heterocycles. The van der Waals surface area contributed by atoms with Crippen LogP contribution in [0.5, 0.6) is 0 Å². The topological polar surface area (TPSA) is 105 Å². The fraction of sp³-hybridized carbons (Fsp3) is 0.217. The molecule has 8 nitrogen and oxygen atoms in total. The average molecular weight is 457 g/mol. The molecule has 0 aliphatic heterocycles. The number of fused-ring (bicyclic) bond motifs is 1. The molecule has 0 unspecified atom stereocenters. The van der Waals surface area contributed by atoms with Crippen LogP contribution in [0.25, 0.3) is 10.9 Å². The lowest BCUT2D eigenvalue weighted by Gasteiger charge is -2.12. The maximum Gasteiger partial charge on any atom is 0.293 e. The van der Waals surface area contributed by atoms with Crippen LogP contribution in [0.4, 0.5) is 5.82 Å². The molecule has 1 aromatic carbocycles. The van der Waals surface area contributed by atoms with Crippen LogP contribution in [0.15, 0.2) is 59.8 Å². The molecular weight excluding hydrogens is 428 g/mol. The summed E-state index contributed by atoms with van der Waals surface area (Å²) in [6, 6.07) is 11.8. The van der Waals surface area contributed by atoms with Crippen molar-refractivity contribution in [2.75, 3.05) is 11.9 Å². The van der Waals surface area contributed by atoms with E-state index in [0.29, 0.717) is 23.0 Å². The number of pyridine rings is 1. The van der Waals surface area contributed by atoms with E-state index in [4.69, 9.17) is 11.6 Å². The number of anilines is 1. The van der Waals surface area contributed by atoms with Crippen molar-refractivity contribution < 1.29 is 9.07 Å². The van der Waals surface area contributed by atoms with Crippen LogP contribution in [0, 0.1) is 6.92 Å². The predicted octanol–water partition coefficient (Wildman–Crippen LogP) is 3.79. The van der Waals surface area contributed by atoms with Gasteiger partial charge in [-0.15, -0.1) is 0 Å². The summed E-state index contributed by atoms with van der Waals surface area (Å²) in [5.74, 6) is -0.0627. The Hall–Kier alpha value is -3.65. The second kappa shape index (κ2) is 9.65. The van der Waals surface area contributed by atoms with Crippen LogP contribution in [0.1, 0.15) is 21.2 Å². The van der Waals surface area contributed by atoms with E-state index in [2.05, 4.69) is 25.6 Å². The zero-order valence-corrected chi connectivity index (χ0v) is 18.3. The van der Waals surface area contributed by atoms with Crippen LogP contribution in [0.2, 0.25) is 5.02 Å². The Balaban J connectivity index is 0.00000204. The van der Waals surface area contributed by atoms with Gasteiger partial charge in [-0.3, -0.25) is 19.1 Å². The van der Waals surface area contributed by atoms with E-state index in [1.54, 1.807) is 25.5 Å². The average Bonchev–Trinajstić information content (AvgIpc) is 3.17. The van der Waals surface area contributed by atoms with Crippen LogP contribution < -0.4 is 16.2 Å². The molecule has 4 aromatic rings. The van der Waals surface area contributed by atoms with Gasteiger partial charge in [0.2, 0.25) is 5.91 Å². The van der Waals surface area contributed by atoms with Crippen LogP contribution in [-0.2, 0) is 24.3 Å². The summed E-state index contributed by atoms with van der Waals surface area (Å²) in [5.41, 5.74) is 2.95. The maximum atomic E-state index is 12.8. The van der Waals surface area contributed by atoms with Gasteiger partial charge in [0.15, 0.2) is 5.82 Å². The van der Waals surface area contributed by atoms with Gasteiger partial charge in [0.25, 0.3) is 5.56 Å². The van der Waals surface area contributed by atoms with Gasteiger partial charge >= 0.3 is 0 Å². The molecule has 32 heavy (non-hydrogen) atoms. The van der Waals surface area contributed by atoms with Crippen molar-refractivity contribution in [3.8, 4) is 0 Å². The summed E-state index contributed by atoms with van der Waals surface area (Å²) in [4.78, 5) is 36.9. The Labute approximate surface area is 194 Å². The Morgan fingerprint density at radius 3 is 2.84 bits per heavy atom. The van der Waals surface area contributed by atoms with Crippen LogP contribution >= 0.6 is 11.6 Å². The van der Waals surface area contributed by atoms with Gasteiger partial charge in [-0.1, -0.05) is 41.9 Å². The van der Waals surface area contributed by atoms with Crippen molar-refractivity contribution in [2.45, 2.75) is 26.4 Å². The van der Waals surface area contributed by atoms with Gasteiger partial charge in [-0.25, -0.2) is 4.98 Å². The number of H-pyrrole nitrogens is 1. The standard InChI is InChI=1S/C23H23ClN6O2.3H2/c1-15-10-29-22(25-8-7-16-5-3-2-4-6-16)23(32)30(15)14-21(31)28-11-17-9-18-19(24)12-27-20(18)13-26-17;;;/h2-6,9-10,12-13,27H,7-8,11,14H2,1H3,(H,25,29)(H,28,31);3*1H. The fourth-order valence-corrected chi connectivity index (χ4v) is 3.58. The van der Waals surface area contributed by atoms with Crippen LogP contribution in [-0.4, -0.2) is 32.0 Å². The number of hydrogen-bond donors (Lipinski definition) is 3. The first-order valence-electron chi connectivity index (χ1n) is 10.2. The van der Waals surface area contributed by atoms with Crippen molar-refractivity contribution in [1.82, 2.24) is 24.8 Å². The molecule has 170 valence electrons. The summed E-state index contributed by atoms with van der Waals surface area (Å²) < 4.78 is 1.41. The number of rotatable bonds is 8. The highest BCUT2D eigenvalue weighted by molar-refractivity contribution is 6.35. The Bertz CT molecular complexity index is 1310. The molecule has 3 N–H and O–H groups in total. The minimum Gasteiger partial charge on any atom is -0.365 e. The highest BCUT2D eigenvalue weighted by Gasteiger charge is 2.12. The molecule has 0 aliphatic carbocycles. The smallest absolute Gasteiger partial charge is 0.293 e. The highest BCUT2D eigenvalue weighted by atomic mass is 35.5. The third-order valence-corrected chi connectivity index (χ3v) is 5.46. The molecule has 0 bridgehead atoms. The molecular formula is C23H29ClN6O2. The molecule has 3 aromatic heterocycles. The molecule has 0 saturated carbocycles. The number of aryl methyl sites for hydroxylation is 1. The summed E-state index contributed by atoms with van der Waals surface area (Å²) in [5, 5.41) is 7.33. The number of aromatic amines is 1. The van der Waals surface area contributed by atoms with Gasteiger partial charge in [0.1, 0.15) is 6.54 Å². The number of amides is 1. The third kappa shape index (κ3) is 4.97. The predicted molar refractivity (Wildman–Crippen MR) is 131 cm³/mol. The van der Waals surface area contributed by atoms with E-state index in [9.17, 15) is 9.59 Å². The van der Waals surface area contributed by atoms with E-state index in [1.807, 2.05) is 36.4 Å². The van der Waals surface area contributed by atoms with Crippen molar-refractivity contribution >= 4 is 34.2 Å². The maximum absolute atomic E-state index is 12.8. The quantitative estimate of drug-likeness (QED) is 0.374. The Kier molecular flexibility index (Phi) is 6.51. The lowest BCUT2D eigenvalue weighted by molar-refractivity contribution is -0.121. The summed E-state index contributed by atoms with van der Waals surface area (Å²) in [6.45, 7) is 2.45. The lowest BCUT2D eigenvalue weighted by atomic mass is 10.1. The van der Waals surface area contributed by atoms with E-state index in [-0.39, 0.29) is 34.7 Å². The van der Waals surface area contributed by atoms with Crippen molar-refractivity contribution in [3.05, 3.63) is 87.3 Å². The first-order valence-corrected chi connectivity index (χ1v) is 10.6. The summed E-state index contributed by atoms with van der Waals surface area (Å²) in [7, 11) is 0. The molecule has 0 atom stereocenters. The first kappa shape index (κ1) is 21.6. The number of carbonyl (C=O) groups excluding carboxylic acids is 1. The van der Waals surface area contributed by atoms with Gasteiger partial charge in [0, 0.05) is 34.3 Å². The highest BCUT2D eigenvalue weighted by Crippen LogP contribution is 2.22. The van der Waals surface area contributed by atoms with Gasteiger partial charge in [-0.05, 0) is 25.0 Å². The van der Waals surface area contributed by atoms with Gasteiger partial charge in [0.05, 0.1) is 29.0 Å². The van der Waals surface area contributed by atoms with Crippen LogP contribution in [0.3, 0.4) is 0 Å². The lowest BCUT2D eigenvalue weighted by Crippen LogP contribution is -2.34. The van der Waals surface area contributed by atoms with E-state index < -0.39 is 0 Å². The molecule has 4 rings (SSSR count). The molecule has 9 heteroatoms. The van der Waals surface area contributed by atoms with Gasteiger partial charge in [-0.2, -0.15) is 0 Å². The fourth-order valence-electron chi connectivity index (χ4n) is 3.37. The Morgan fingerprint density at radius 2 is 2.03 bits per heavy atom. The van der Waals surface area contributed by atoms with E-state index in [1.165, 1.54) is 10.1 Å². The number of carbonyl (C=O) groups is 1. The summed E-state index contributed by atoms with van der Waals surface area (Å²) in [6.07, 6.45) is 5.72. The molecule has 0 radical (unpaired) electrons. The molecule has 1 amide bonds. The van der Waals surface area contributed by atoms with Crippen molar-refractivity contribution in [1.29, 1.82) is 0 Å². The number of halogens is 1. The third-order valence-electron chi connectivity index (χ3n) is 5.14. The van der Waals surface area contributed by atoms with Crippen molar-refractivity contribution in [3.63, 3.8) is 0 Å². The monoisotopic (exact) mass is 456 g/mol. The van der Waals surface area contributed by atoms with E-state index in [0.717, 1.165) is 17.3 Å². The molecule has 0 spiro atoms. The Morgan fingerprint density at radius 1 is 1.22 bits per heavy atom. The summed E-state index contributed by atoms with van der Waals surface area (Å²) >= 11 is 6.14. The van der Waals surface area contributed by atoms with Crippen molar-refractivity contribution in [2.24, 2.45) is 0 Å². The second-order valence-electron chi connectivity index (χ2n) is 7.44. The zero-order chi connectivity index (χ0) is 22.5. The second-order valence-corrected chi connectivity index (χ2v) is 7.84. The number of nitrogens with zero attached hydrogens (tertiary/aromatic N) is 3. The number of hydrogen-bond acceptors (Lipinski definition) is 5. The first-order chi connectivity index (χ1) is 15.5. The molecule has 0 aliphatic rings. The SMILES string of the molecule is Cc1cnc(NCCc2ccccc2)c(=O)n1CC(=O)NCc1cc2c(Cl)c[nH]c2cn1.[HH].[HH].[HH].